The van der Waals surface area contributed by atoms with Crippen LogP contribution in [0.15, 0.2) is 12.1 Å². The third-order valence-electron chi connectivity index (χ3n) is 3.15. The van der Waals surface area contributed by atoms with E-state index in [-0.39, 0.29) is 6.10 Å². The van der Waals surface area contributed by atoms with Gasteiger partial charge in [0.1, 0.15) is 0 Å². The van der Waals surface area contributed by atoms with Crippen molar-refractivity contribution in [1.29, 1.82) is 0 Å². The number of rotatable bonds is 4. The third-order valence-corrected chi connectivity index (χ3v) is 3.15. The Labute approximate surface area is 128 Å². The van der Waals surface area contributed by atoms with Gasteiger partial charge in [-0.2, -0.15) is 0 Å². The molecular formula is C16H28N2O3. The fourth-order valence-electron chi connectivity index (χ4n) is 1.98. The molecule has 1 aromatic heterocycles. The molecule has 2 rings (SSSR count). The van der Waals surface area contributed by atoms with E-state index < -0.39 is 0 Å². The first-order chi connectivity index (χ1) is 10.0. The summed E-state index contributed by atoms with van der Waals surface area (Å²) in [6.07, 6.45) is 0.105. The van der Waals surface area contributed by atoms with E-state index in [4.69, 9.17) is 14.2 Å². The zero-order chi connectivity index (χ0) is 15.7. The van der Waals surface area contributed by atoms with Crippen molar-refractivity contribution in [2.24, 2.45) is 0 Å². The minimum absolute atomic E-state index is 0.105. The van der Waals surface area contributed by atoms with Crippen LogP contribution in [0.2, 0.25) is 0 Å². The van der Waals surface area contributed by atoms with Crippen molar-refractivity contribution in [1.82, 2.24) is 9.88 Å². The van der Waals surface area contributed by atoms with Crippen LogP contribution in [-0.4, -0.2) is 57.5 Å². The van der Waals surface area contributed by atoms with Gasteiger partial charge in [0.25, 0.3) is 0 Å². The smallest absolute Gasteiger partial charge is 0.0811 e. The van der Waals surface area contributed by atoms with Crippen LogP contribution in [0.5, 0.6) is 0 Å². The third kappa shape index (κ3) is 7.00. The SMILES string of the molecule is C1COCCO1.COC(C)c1ccc(C)nc1CN(C)C. The molecule has 0 aromatic carbocycles. The summed E-state index contributed by atoms with van der Waals surface area (Å²) in [5.41, 5.74) is 3.34. The Hall–Kier alpha value is -1.01. The quantitative estimate of drug-likeness (QED) is 0.852. The van der Waals surface area contributed by atoms with Gasteiger partial charge in [0, 0.05) is 24.9 Å². The molecule has 0 radical (unpaired) electrons. The van der Waals surface area contributed by atoms with Crippen molar-refractivity contribution in [3.05, 3.63) is 29.1 Å². The molecule has 0 amide bonds. The maximum absolute atomic E-state index is 5.34. The number of ether oxygens (including phenoxy) is 3. The van der Waals surface area contributed by atoms with Crippen LogP contribution in [0.3, 0.4) is 0 Å². The van der Waals surface area contributed by atoms with Crippen LogP contribution in [0.1, 0.15) is 30.0 Å². The van der Waals surface area contributed by atoms with Crippen LogP contribution in [0, 0.1) is 6.92 Å². The average Bonchev–Trinajstić information content (AvgIpc) is 2.48. The van der Waals surface area contributed by atoms with Gasteiger partial charge in [-0.05, 0) is 34.0 Å². The Morgan fingerprint density at radius 1 is 1.19 bits per heavy atom. The molecule has 1 atom stereocenters. The summed E-state index contributed by atoms with van der Waals surface area (Å²) >= 11 is 0. The predicted octanol–water partition coefficient (Wildman–Crippen LogP) is 2.19. The van der Waals surface area contributed by atoms with Crippen molar-refractivity contribution in [2.75, 3.05) is 47.6 Å². The van der Waals surface area contributed by atoms with Crippen molar-refractivity contribution < 1.29 is 14.2 Å². The number of methoxy groups -OCH3 is 1. The molecule has 1 aliphatic heterocycles. The summed E-state index contributed by atoms with van der Waals surface area (Å²) in [6.45, 7) is 8.02. The molecule has 0 spiro atoms. The molecule has 21 heavy (non-hydrogen) atoms. The Kier molecular flexibility index (Phi) is 8.45. The number of pyridine rings is 1. The Bertz CT molecular complexity index is 395. The second-order valence-electron chi connectivity index (χ2n) is 5.33. The summed E-state index contributed by atoms with van der Waals surface area (Å²) in [4.78, 5) is 6.68. The largest absolute Gasteiger partial charge is 0.377 e. The lowest BCUT2D eigenvalue weighted by molar-refractivity contribution is -0.0334. The number of aryl methyl sites for hydroxylation is 1. The van der Waals surface area contributed by atoms with Gasteiger partial charge in [0.2, 0.25) is 0 Å². The van der Waals surface area contributed by atoms with Gasteiger partial charge in [0.05, 0.1) is 38.2 Å². The molecule has 1 aromatic rings. The summed E-state index contributed by atoms with van der Waals surface area (Å²) in [7, 11) is 5.82. The van der Waals surface area contributed by atoms with Gasteiger partial charge < -0.3 is 19.1 Å². The van der Waals surface area contributed by atoms with E-state index in [9.17, 15) is 0 Å². The summed E-state index contributed by atoms with van der Waals surface area (Å²) < 4.78 is 15.2. The monoisotopic (exact) mass is 296 g/mol. The van der Waals surface area contributed by atoms with Crippen molar-refractivity contribution in [3.8, 4) is 0 Å². The van der Waals surface area contributed by atoms with E-state index in [1.807, 2.05) is 34.0 Å². The molecule has 1 saturated heterocycles. The fourth-order valence-corrected chi connectivity index (χ4v) is 1.98. The number of hydrogen-bond acceptors (Lipinski definition) is 5. The van der Waals surface area contributed by atoms with Gasteiger partial charge in [0.15, 0.2) is 0 Å². The highest BCUT2D eigenvalue weighted by Gasteiger charge is 2.11. The summed E-state index contributed by atoms with van der Waals surface area (Å²) in [5.74, 6) is 0. The molecule has 120 valence electrons. The standard InChI is InChI=1S/C12H20N2O.C4H8O2/c1-9-6-7-11(10(2)15-5)12(13-9)8-14(3)4;1-2-6-4-3-5-1/h6-7,10H,8H2,1-5H3;1-4H2. The Balaban J connectivity index is 0.000000304. The van der Waals surface area contributed by atoms with Crippen molar-refractivity contribution in [3.63, 3.8) is 0 Å². The van der Waals surface area contributed by atoms with E-state index in [0.29, 0.717) is 0 Å². The first-order valence-electron chi connectivity index (χ1n) is 7.34. The van der Waals surface area contributed by atoms with E-state index in [2.05, 4.69) is 16.0 Å². The maximum Gasteiger partial charge on any atom is 0.0811 e. The van der Waals surface area contributed by atoms with Crippen LogP contribution in [0.25, 0.3) is 0 Å². The number of hydrogen-bond donors (Lipinski definition) is 0. The normalized spacial score (nSPS) is 16.3. The molecule has 1 unspecified atom stereocenters. The first kappa shape index (κ1) is 18.0. The van der Waals surface area contributed by atoms with Gasteiger partial charge >= 0.3 is 0 Å². The molecule has 0 aliphatic carbocycles. The second kappa shape index (κ2) is 9.84. The highest BCUT2D eigenvalue weighted by atomic mass is 16.6. The predicted molar refractivity (Wildman–Crippen MR) is 83.4 cm³/mol. The van der Waals surface area contributed by atoms with Crippen LogP contribution < -0.4 is 0 Å². The topological polar surface area (TPSA) is 43.8 Å². The lowest BCUT2D eigenvalue weighted by Gasteiger charge is -2.17. The molecule has 0 saturated carbocycles. The Morgan fingerprint density at radius 2 is 1.76 bits per heavy atom. The highest BCUT2D eigenvalue weighted by molar-refractivity contribution is 5.24. The summed E-state index contributed by atoms with van der Waals surface area (Å²) in [5, 5.41) is 0. The minimum atomic E-state index is 0.105. The number of nitrogens with zero attached hydrogens (tertiary/aromatic N) is 2. The van der Waals surface area contributed by atoms with Crippen molar-refractivity contribution >= 4 is 0 Å². The van der Waals surface area contributed by atoms with E-state index in [1.165, 1.54) is 5.56 Å². The number of aromatic nitrogens is 1. The zero-order valence-corrected chi connectivity index (χ0v) is 13.9. The van der Waals surface area contributed by atoms with Crippen LogP contribution in [-0.2, 0) is 20.8 Å². The van der Waals surface area contributed by atoms with Crippen molar-refractivity contribution in [2.45, 2.75) is 26.5 Å². The van der Waals surface area contributed by atoms with Gasteiger partial charge in [-0.1, -0.05) is 6.07 Å². The molecule has 2 heterocycles. The lowest BCUT2D eigenvalue weighted by Crippen LogP contribution is -2.16. The van der Waals surface area contributed by atoms with Gasteiger partial charge in [-0.25, -0.2) is 0 Å². The molecule has 5 heteroatoms. The maximum atomic E-state index is 5.34. The molecule has 0 bridgehead atoms. The molecule has 5 nitrogen and oxygen atoms in total. The Morgan fingerprint density at radius 3 is 2.19 bits per heavy atom. The van der Waals surface area contributed by atoms with Crippen LogP contribution in [0.4, 0.5) is 0 Å². The molecule has 0 N–H and O–H groups in total. The van der Waals surface area contributed by atoms with Crippen LogP contribution >= 0.6 is 0 Å². The molecular weight excluding hydrogens is 268 g/mol. The zero-order valence-electron chi connectivity index (χ0n) is 13.9. The average molecular weight is 296 g/mol. The first-order valence-corrected chi connectivity index (χ1v) is 7.34. The van der Waals surface area contributed by atoms with E-state index in [1.54, 1.807) is 7.11 Å². The molecule has 1 aliphatic rings. The highest BCUT2D eigenvalue weighted by Crippen LogP contribution is 2.20. The van der Waals surface area contributed by atoms with E-state index in [0.717, 1.165) is 44.4 Å². The lowest BCUT2D eigenvalue weighted by atomic mass is 10.1. The second-order valence-corrected chi connectivity index (χ2v) is 5.33. The fraction of sp³-hybridized carbons (Fsp3) is 0.688. The van der Waals surface area contributed by atoms with Gasteiger partial charge in [-0.3, -0.25) is 4.98 Å². The minimum Gasteiger partial charge on any atom is -0.377 e. The van der Waals surface area contributed by atoms with Gasteiger partial charge in [-0.15, -0.1) is 0 Å². The summed E-state index contributed by atoms with van der Waals surface area (Å²) in [6, 6.07) is 4.14. The molecule has 1 fully saturated rings. The van der Waals surface area contributed by atoms with E-state index >= 15 is 0 Å².